The SMILES string of the molecule is COCCN(Cc1cccn1Cc1ccccc1Cl)C(=O)c1ccccc1F. The highest BCUT2D eigenvalue weighted by Crippen LogP contribution is 2.19. The fourth-order valence-electron chi connectivity index (χ4n) is 3.01. The molecule has 2 aromatic carbocycles. The van der Waals surface area contributed by atoms with Gasteiger partial charge in [0.15, 0.2) is 0 Å². The van der Waals surface area contributed by atoms with Crippen LogP contribution in [-0.2, 0) is 17.8 Å². The van der Waals surface area contributed by atoms with Crippen LogP contribution in [0.5, 0.6) is 0 Å². The van der Waals surface area contributed by atoms with E-state index in [1.54, 1.807) is 24.1 Å². The van der Waals surface area contributed by atoms with Crippen LogP contribution in [-0.4, -0.2) is 35.6 Å². The van der Waals surface area contributed by atoms with Crippen LogP contribution < -0.4 is 0 Å². The Kier molecular flexibility index (Phi) is 6.85. The lowest BCUT2D eigenvalue weighted by Crippen LogP contribution is -2.34. The van der Waals surface area contributed by atoms with E-state index >= 15 is 0 Å². The number of halogens is 2. The minimum absolute atomic E-state index is 0.0582. The van der Waals surface area contributed by atoms with E-state index < -0.39 is 5.82 Å². The van der Waals surface area contributed by atoms with Gasteiger partial charge in [-0.15, -0.1) is 0 Å². The normalized spacial score (nSPS) is 10.8. The molecule has 0 saturated carbocycles. The van der Waals surface area contributed by atoms with Crippen molar-refractivity contribution >= 4 is 17.5 Å². The zero-order chi connectivity index (χ0) is 19.9. The third-order valence-corrected chi connectivity index (χ3v) is 4.90. The molecule has 6 heteroatoms. The molecular formula is C22H22ClFN2O2. The molecular weight excluding hydrogens is 379 g/mol. The molecule has 146 valence electrons. The molecule has 0 aliphatic rings. The molecule has 0 atom stereocenters. The lowest BCUT2D eigenvalue weighted by molar-refractivity contribution is 0.0671. The Labute approximate surface area is 169 Å². The van der Waals surface area contributed by atoms with E-state index in [-0.39, 0.29) is 11.5 Å². The first kappa shape index (κ1) is 20.1. The average Bonchev–Trinajstić information content (AvgIpc) is 3.13. The smallest absolute Gasteiger partial charge is 0.257 e. The van der Waals surface area contributed by atoms with Gasteiger partial charge in [-0.1, -0.05) is 41.9 Å². The summed E-state index contributed by atoms with van der Waals surface area (Å²) in [5.41, 5.74) is 1.98. The minimum Gasteiger partial charge on any atom is -0.383 e. The number of aromatic nitrogens is 1. The van der Waals surface area contributed by atoms with Crippen LogP contribution in [0.4, 0.5) is 4.39 Å². The molecule has 0 N–H and O–H groups in total. The van der Waals surface area contributed by atoms with Gasteiger partial charge in [0, 0.05) is 37.1 Å². The highest BCUT2D eigenvalue weighted by atomic mass is 35.5. The van der Waals surface area contributed by atoms with Gasteiger partial charge in [0.25, 0.3) is 5.91 Å². The molecule has 1 aromatic heterocycles. The van der Waals surface area contributed by atoms with E-state index in [4.69, 9.17) is 16.3 Å². The van der Waals surface area contributed by atoms with E-state index in [9.17, 15) is 9.18 Å². The fourth-order valence-corrected chi connectivity index (χ4v) is 3.21. The third kappa shape index (κ3) is 4.80. The Bertz CT molecular complexity index is 942. The van der Waals surface area contributed by atoms with E-state index in [0.717, 1.165) is 11.3 Å². The fraction of sp³-hybridized carbons (Fsp3) is 0.227. The summed E-state index contributed by atoms with van der Waals surface area (Å²) in [4.78, 5) is 14.5. The van der Waals surface area contributed by atoms with Gasteiger partial charge in [-0.2, -0.15) is 0 Å². The quantitative estimate of drug-likeness (QED) is 0.553. The molecule has 3 rings (SSSR count). The van der Waals surface area contributed by atoms with Gasteiger partial charge >= 0.3 is 0 Å². The van der Waals surface area contributed by atoms with Crippen molar-refractivity contribution in [2.75, 3.05) is 20.3 Å². The predicted octanol–water partition coefficient (Wildman–Crippen LogP) is 4.62. The molecule has 0 unspecified atom stereocenters. The highest BCUT2D eigenvalue weighted by molar-refractivity contribution is 6.31. The van der Waals surface area contributed by atoms with Gasteiger partial charge in [0.2, 0.25) is 0 Å². The summed E-state index contributed by atoms with van der Waals surface area (Å²) in [6.07, 6.45) is 1.95. The van der Waals surface area contributed by atoms with Crippen LogP contribution in [0.3, 0.4) is 0 Å². The molecule has 0 bridgehead atoms. The molecule has 4 nitrogen and oxygen atoms in total. The topological polar surface area (TPSA) is 34.5 Å². The molecule has 0 saturated heterocycles. The van der Waals surface area contributed by atoms with E-state index in [1.807, 2.05) is 47.2 Å². The first-order chi connectivity index (χ1) is 13.6. The Balaban J connectivity index is 1.82. The van der Waals surface area contributed by atoms with E-state index in [1.165, 1.54) is 12.1 Å². The number of methoxy groups -OCH3 is 1. The molecule has 1 amide bonds. The van der Waals surface area contributed by atoms with Gasteiger partial charge in [-0.25, -0.2) is 4.39 Å². The predicted molar refractivity (Wildman–Crippen MR) is 108 cm³/mol. The van der Waals surface area contributed by atoms with Crippen LogP contribution in [0.25, 0.3) is 0 Å². The molecule has 0 radical (unpaired) electrons. The largest absolute Gasteiger partial charge is 0.383 e. The summed E-state index contributed by atoms with van der Waals surface area (Å²) >= 11 is 6.28. The summed E-state index contributed by atoms with van der Waals surface area (Å²) < 4.78 is 21.3. The van der Waals surface area contributed by atoms with Gasteiger partial charge in [-0.05, 0) is 35.9 Å². The maximum Gasteiger partial charge on any atom is 0.257 e. The standard InChI is InChI=1S/C22H22ClFN2O2/c1-28-14-13-26(22(27)19-9-3-5-11-21(19)24)16-18-8-6-12-25(18)15-17-7-2-4-10-20(17)23/h2-12H,13-16H2,1H3. The first-order valence-electron chi connectivity index (χ1n) is 9.00. The highest BCUT2D eigenvalue weighted by Gasteiger charge is 2.20. The molecule has 0 aliphatic carbocycles. The summed E-state index contributed by atoms with van der Waals surface area (Å²) in [6.45, 7) is 1.66. The second kappa shape index (κ2) is 9.53. The number of hydrogen-bond donors (Lipinski definition) is 0. The number of rotatable bonds is 8. The molecule has 0 aliphatic heterocycles. The van der Waals surface area contributed by atoms with Crippen LogP contribution >= 0.6 is 11.6 Å². The van der Waals surface area contributed by atoms with Crippen LogP contribution in [0.2, 0.25) is 5.02 Å². The van der Waals surface area contributed by atoms with Crippen molar-refractivity contribution in [1.82, 2.24) is 9.47 Å². The second-order valence-electron chi connectivity index (χ2n) is 6.42. The second-order valence-corrected chi connectivity index (χ2v) is 6.83. The van der Waals surface area contributed by atoms with E-state index in [2.05, 4.69) is 0 Å². The van der Waals surface area contributed by atoms with Crippen LogP contribution in [0.1, 0.15) is 21.6 Å². The van der Waals surface area contributed by atoms with Gasteiger partial charge in [0.05, 0.1) is 18.7 Å². The Morgan fingerprint density at radius 3 is 2.61 bits per heavy atom. The molecule has 3 aromatic rings. The Morgan fingerprint density at radius 2 is 1.86 bits per heavy atom. The number of hydrogen-bond acceptors (Lipinski definition) is 2. The average molecular weight is 401 g/mol. The summed E-state index contributed by atoms with van der Waals surface area (Å²) in [5.74, 6) is -0.887. The van der Waals surface area contributed by atoms with Crippen molar-refractivity contribution in [3.63, 3.8) is 0 Å². The number of ether oxygens (including phenoxy) is 1. The zero-order valence-electron chi connectivity index (χ0n) is 15.6. The van der Waals surface area contributed by atoms with Crippen LogP contribution in [0, 0.1) is 5.82 Å². The van der Waals surface area contributed by atoms with E-state index in [0.29, 0.717) is 31.3 Å². The zero-order valence-corrected chi connectivity index (χ0v) is 16.4. The maximum atomic E-state index is 14.1. The van der Waals surface area contributed by atoms with Crippen molar-refractivity contribution in [2.24, 2.45) is 0 Å². The third-order valence-electron chi connectivity index (χ3n) is 4.53. The molecule has 1 heterocycles. The van der Waals surface area contributed by atoms with Crippen molar-refractivity contribution in [3.05, 3.63) is 94.5 Å². The number of benzene rings is 2. The summed E-state index contributed by atoms with van der Waals surface area (Å²) in [6, 6.07) is 17.6. The van der Waals surface area contributed by atoms with Gasteiger partial charge in [0.1, 0.15) is 5.82 Å². The van der Waals surface area contributed by atoms with Crippen molar-refractivity contribution in [2.45, 2.75) is 13.1 Å². The van der Waals surface area contributed by atoms with Crippen molar-refractivity contribution in [1.29, 1.82) is 0 Å². The summed E-state index contributed by atoms with van der Waals surface area (Å²) in [5, 5.41) is 0.695. The number of amides is 1. The minimum atomic E-state index is -0.527. The van der Waals surface area contributed by atoms with Gasteiger partial charge < -0.3 is 14.2 Å². The maximum absolute atomic E-state index is 14.1. The lowest BCUT2D eigenvalue weighted by Gasteiger charge is -2.24. The molecule has 28 heavy (non-hydrogen) atoms. The molecule has 0 spiro atoms. The van der Waals surface area contributed by atoms with Crippen molar-refractivity contribution in [3.8, 4) is 0 Å². The van der Waals surface area contributed by atoms with Crippen LogP contribution in [0.15, 0.2) is 66.9 Å². The first-order valence-corrected chi connectivity index (χ1v) is 9.38. The molecule has 0 fully saturated rings. The Hall–Kier alpha value is -2.63. The number of carbonyl (C=O) groups is 1. The summed E-state index contributed by atoms with van der Waals surface area (Å²) in [7, 11) is 1.58. The Morgan fingerprint density at radius 1 is 1.11 bits per heavy atom. The van der Waals surface area contributed by atoms with Gasteiger partial charge in [-0.3, -0.25) is 4.79 Å². The lowest BCUT2D eigenvalue weighted by atomic mass is 10.1. The number of nitrogens with zero attached hydrogens (tertiary/aromatic N) is 2. The van der Waals surface area contributed by atoms with Crippen molar-refractivity contribution < 1.29 is 13.9 Å². The monoisotopic (exact) mass is 400 g/mol. The number of carbonyl (C=O) groups excluding carboxylic acids is 1.